The summed E-state index contributed by atoms with van der Waals surface area (Å²) in [5.74, 6) is -1.26. The molecule has 4 aromatic carbocycles. The Morgan fingerprint density at radius 3 is 2.00 bits per heavy atom. The molecule has 0 radical (unpaired) electrons. The van der Waals surface area contributed by atoms with Crippen LogP contribution >= 0.6 is 11.6 Å². The van der Waals surface area contributed by atoms with Crippen molar-refractivity contribution in [2.45, 2.75) is 31.6 Å². The van der Waals surface area contributed by atoms with Gasteiger partial charge in [-0.05, 0) is 59.2 Å². The van der Waals surface area contributed by atoms with Gasteiger partial charge in [0.2, 0.25) is 0 Å². The van der Waals surface area contributed by atoms with E-state index in [2.05, 4.69) is 19.1 Å². The van der Waals surface area contributed by atoms with Gasteiger partial charge in [0.25, 0.3) is 0 Å². The highest BCUT2D eigenvalue weighted by Crippen LogP contribution is 2.41. The molecule has 2 atom stereocenters. The maximum atomic E-state index is 12.0. The summed E-state index contributed by atoms with van der Waals surface area (Å²) in [4.78, 5) is 12.0. The maximum absolute atomic E-state index is 12.0. The van der Waals surface area contributed by atoms with Gasteiger partial charge in [-0.25, -0.2) is 4.79 Å². The molecule has 0 heterocycles. The van der Waals surface area contributed by atoms with Crippen molar-refractivity contribution in [3.05, 3.63) is 135 Å². The lowest BCUT2D eigenvalue weighted by Crippen LogP contribution is -2.10. The van der Waals surface area contributed by atoms with Crippen molar-refractivity contribution in [2.75, 3.05) is 0 Å². The number of aromatic hydroxyl groups is 1. The minimum Gasteiger partial charge on any atom is -0.507 e. The zero-order valence-electron chi connectivity index (χ0n) is 19.0. The minimum absolute atomic E-state index is 0.0743. The Kier molecular flexibility index (Phi) is 7.34. The van der Waals surface area contributed by atoms with Crippen LogP contribution in [0.1, 0.15) is 63.4 Å². The quantitative estimate of drug-likeness (QED) is 0.278. The van der Waals surface area contributed by atoms with Crippen molar-refractivity contribution in [3.8, 4) is 5.75 Å². The molecule has 0 aliphatic carbocycles. The van der Waals surface area contributed by atoms with Crippen LogP contribution in [0.4, 0.5) is 0 Å². The number of phenols is 1. The number of carboxylic acids is 1. The highest BCUT2D eigenvalue weighted by Gasteiger charge is 2.25. The van der Waals surface area contributed by atoms with E-state index in [-0.39, 0.29) is 23.1 Å². The Morgan fingerprint density at radius 2 is 1.41 bits per heavy atom. The van der Waals surface area contributed by atoms with E-state index in [1.54, 1.807) is 6.07 Å². The topological polar surface area (TPSA) is 57.5 Å². The van der Waals surface area contributed by atoms with Crippen molar-refractivity contribution < 1.29 is 15.0 Å². The van der Waals surface area contributed by atoms with Crippen molar-refractivity contribution in [3.63, 3.8) is 0 Å². The molecule has 2 N–H and O–H groups in total. The summed E-state index contributed by atoms with van der Waals surface area (Å²) in [5.41, 5.74) is 4.67. The van der Waals surface area contributed by atoms with Gasteiger partial charge in [-0.2, -0.15) is 0 Å². The summed E-state index contributed by atoms with van der Waals surface area (Å²) in [6, 6.07) is 31.3. The van der Waals surface area contributed by atoms with Gasteiger partial charge in [-0.1, -0.05) is 97.4 Å². The second-order valence-corrected chi connectivity index (χ2v) is 9.14. The number of halogens is 1. The van der Waals surface area contributed by atoms with Crippen LogP contribution in [0.25, 0.3) is 0 Å². The van der Waals surface area contributed by atoms with Crippen LogP contribution < -0.4 is 0 Å². The molecule has 0 saturated heterocycles. The highest BCUT2D eigenvalue weighted by molar-refractivity contribution is 6.30. The van der Waals surface area contributed by atoms with E-state index in [9.17, 15) is 15.0 Å². The molecule has 0 aliphatic rings. The Morgan fingerprint density at radius 1 is 0.824 bits per heavy atom. The molecule has 0 aliphatic heterocycles. The molecule has 0 aromatic heterocycles. The number of hydrogen-bond donors (Lipinski definition) is 2. The average Bonchev–Trinajstić information content (AvgIpc) is 2.86. The fourth-order valence-electron chi connectivity index (χ4n) is 4.49. The van der Waals surface area contributed by atoms with Crippen molar-refractivity contribution in [1.29, 1.82) is 0 Å². The Bertz CT molecular complexity index is 1250. The number of carbonyl (C=O) groups is 1. The first-order chi connectivity index (χ1) is 16.4. The third-order valence-electron chi connectivity index (χ3n) is 6.29. The first-order valence-electron chi connectivity index (χ1n) is 11.4. The Balaban J connectivity index is 1.79. The molecule has 0 spiro atoms. The van der Waals surface area contributed by atoms with E-state index in [1.807, 2.05) is 78.9 Å². The molecule has 4 aromatic rings. The van der Waals surface area contributed by atoms with Gasteiger partial charge in [0.1, 0.15) is 11.3 Å². The molecule has 0 amide bonds. The van der Waals surface area contributed by atoms with Gasteiger partial charge in [-0.3, -0.25) is 0 Å². The maximum Gasteiger partial charge on any atom is 0.339 e. The van der Waals surface area contributed by atoms with Gasteiger partial charge in [-0.15, -0.1) is 0 Å². The molecule has 4 rings (SSSR count). The molecule has 34 heavy (non-hydrogen) atoms. The standard InChI is InChI=1S/C30H27ClO3/c1-20(23-8-4-2-5-9-23)16-26(24-10-6-3-7-11-24)27-18-22(19-28(29(27)32)30(33)34)17-21-12-14-25(31)15-13-21/h2-15,18-20,26,32H,16-17H2,1H3,(H,33,34). The van der Waals surface area contributed by atoms with Crippen LogP contribution in [0.15, 0.2) is 97.1 Å². The van der Waals surface area contributed by atoms with E-state index >= 15 is 0 Å². The molecule has 172 valence electrons. The van der Waals surface area contributed by atoms with Gasteiger partial charge in [0.15, 0.2) is 0 Å². The average molecular weight is 471 g/mol. The summed E-state index contributed by atoms with van der Waals surface area (Å²) < 4.78 is 0. The fourth-order valence-corrected chi connectivity index (χ4v) is 4.61. The first-order valence-corrected chi connectivity index (χ1v) is 11.7. The summed E-state index contributed by atoms with van der Waals surface area (Å²) in [6.07, 6.45) is 1.27. The van der Waals surface area contributed by atoms with E-state index in [4.69, 9.17) is 11.6 Å². The third kappa shape index (κ3) is 5.49. The number of carboxylic acid groups (broad SMARTS) is 1. The molecule has 3 nitrogen and oxygen atoms in total. The molecule has 0 bridgehead atoms. The Labute approximate surface area is 205 Å². The van der Waals surface area contributed by atoms with Crippen LogP contribution in [0.2, 0.25) is 5.02 Å². The molecular formula is C30H27ClO3. The van der Waals surface area contributed by atoms with Crippen molar-refractivity contribution in [2.24, 2.45) is 0 Å². The molecule has 4 heteroatoms. The van der Waals surface area contributed by atoms with Gasteiger partial charge >= 0.3 is 5.97 Å². The zero-order valence-corrected chi connectivity index (χ0v) is 19.7. The van der Waals surface area contributed by atoms with Crippen LogP contribution in [0.5, 0.6) is 5.75 Å². The van der Waals surface area contributed by atoms with Gasteiger partial charge in [0, 0.05) is 16.5 Å². The molecule has 2 unspecified atom stereocenters. The summed E-state index contributed by atoms with van der Waals surface area (Å²) in [7, 11) is 0. The summed E-state index contributed by atoms with van der Waals surface area (Å²) in [5, 5.41) is 21.6. The van der Waals surface area contributed by atoms with Gasteiger partial charge < -0.3 is 10.2 Å². The van der Waals surface area contributed by atoms with E-state index < -0.39 is 5.97 Å². The zero-order chi connectivity index (χ0) is 24.1. The third-order valence-corrected chi connectivity index (χ3v) is 6.54. The molecule has 0 fully saturated rings. The number of hydrogen-bond acceptors (Lipinski definition) is 2. The number of rotatable bonds is 8. The number of aromatic carboxylic acids is 1. The Hall–Kier alpha value is -3.56. The second-order valence-electron chi connectivity index (χ2n) is 8.70. The largest absolute Gasteiger partial charge is 0.507 e. The lowest BCUT2D eigenvalue weighted by atomic mass is 9.80. The van der Waals surface area contributed by atoms with Crippen LogP contribution in [-0.4, -0.2) is 16.2 Å². The first kappa shape index (κ1) is 23.6. The smallest absolute Gasteiger partial charge is 0.339 e. The van der Waals surface area contributed by atoms with Crippen LogP contribution in [0.3, 0.4) is 0 Å². The fraction of sp³-hybridized carbons (Fsp3) is 0.167. The summed E-state index contributed by atoms with van der Waals surface area (Å²) in [6.45, 7) is 2.16. The van der Waals surface area contributed by atoms with E-state index in [0.717, 1.165) is 23.1 Å². The van der Waals surface area contributed by atoms with Gasteiger partial charge in [0.05, 0.1) is 0 Å². The van der Waals surface area contributed by atoms with E-state index in [1.165, 1.54) is 5.56 Å². The van der Waals surface area contributed by atoms with E-state index in [0.29, 0.717) is 17.0 Å². The van der Waals surface area contributed by atoms with Crippen molar-refractivity contribution in [1.82, 2.24) is 0 Å². The predicted molar refractivity (Wildman–Crippen MR) is 137 cm³/mol. The van der Waals surface area contributed by atoms with Crippen molar-refractivity contribution >= 4 is 17.6 Å². The van der Waals surface area contributed by atoms with Crippen LogP contribution in [-0.2, 0) is 6.42 Å². The SMILES string of the molecule is CC(CC(c1ccccc1)c1cc(Cc2ccc(Cl)cc2)cc(C(=O)O)c1O)c1ccccc1. The minimum atomic E-state index is -1.14. The van der Waals surface area contributed by atoms with Crippen LogP contribution in [0, 0.1) is 0 Å². The number of benzene rings is 4. The normalized spacial score (nSPS) is 12.8. The lowest BCUT2D eigenvalue weighted by molar-refractivity contribution is 0.0693. The predicted octanol–water partition coefficient (Wildman–Crippen LogP) is 7.66. The lowest BCUT2D eigenvalue weighted by Gasteiger charge is -2.24. The monoisotopic (exact) mass is 470 g/mol. The second kappa shape index (κ2) is 10.6. The highest BCUT2D eigenvalue weighted by atomic mass is 35.5. The summed E-state index contributed by atoms with van der Waals surface area (Å²) >= 11 is 6.02. The molecular weight excluding hydrogens is 444 g/mol. The molecule has 0 saturated carbocycles.